The molecule has 0 fully saturated rings. The lowest BCUT2D eigenvalue weighted by Crippen LogP contribution is -2.23. The zero-order valence-electron chi connectivity index (χ0n) is 17.6. The van der Waals surface area contributed by atoms with Gasteiger partial charge in [-0.2, -0.15) is 0 Å². The SMILES string of the molecule is COc1ccc(/C=c2\sc3nnc(-c4ccc(C(C)(C)C)cc4)n3c2=O)cc1OC. The van der Waals surface area contributed by atoms with Crippen LogP contribution in [0.3, 0.4) is 0 Å². The lowest BCUT2D eigenvalue weighted by atomic mass is 9.87. The van der Waals surface area contributed by atoms with E-state index < -0.39 is 0 Å². The molecule has 0 atom stereocenters. The molecule has 4 aromatic rings. The van der Waals surface area contributed by atoms with Crippen molar-refractivity contribution in [2.24, 2.45) is 0 Å². The number of methoxy groups -OCH3 is 2. The van der Waals surface area contributed by atoms with Crippen LogP contribution >= 0.6 is 11.3 Å². The van der Waals surface area contributed by atoms with Crippen LogP contribution in [-0.2, 0) is 5.41 Å². The predicted molar refractivity (Wildman–Crippen MR) is 120 cm³/mol. The maximum absolute atomic E-state index is 13.1. The number of benzene rings is 2. The van der Waals surface area contributed by atoms with Gasteiger partial charge in [0.15, 0.2) is 17.3 Å². The van der Waals surface area contributed by atoms with Crippen LogP contribution in [0.2, 0.25) is 0 Å². The number of aromatic nitrogens is 3. The van der Waals surface area contributed by atoms with E-state index in [-0.39, 0.29) is 11.0 Å². The third-order valence-electron chi connectivity index (χ3n) is 4.96. The van der Waals surface area contributed by atoms with E-state index >= 15 is 0 Å². The topological polar surface area (TPSA) is 65.7 Å². The second kappa shape index (κ2) is 7.57. The van der Waals surface area contributed by atoms with Crippen molar-refractivity contribution in [3.63, 3.8) is 0 Å². The molecule has 6 nitrogen and oxygen atoms in total. The molecule has 0 spiro atoms. The van der Waals surface area contributed by atoms with Crippen LogP contribution in [0, 0.1) is 0 Å². The number of ether oxygens (including phenoxy) is 2. The standard InChI is InChI=1S/C23H23N3O3S/c1-23(2,3)16-9-7-15(8-10-16)20-24-25-22-26(20)21(27)19(30-22)13-14-6-11-17(28-4)18(12-14)29-5/h6-13H,1-5H3/b19-13-. The first-order chi connectivity index (χ1) is 14.3. The third-order valence-corrected chi connectivity index (χ3v) is 5.92. The Morgan fingerprint density at radius 2 is 1.67 bits per heavy atom. The maximum Gasteiger partial charge on any atom is 0.276 e. The molecule has 2 aromatic heterocycles. The summed E-state index contributed by atoms with van der Waals surface area (Å²) in [7, 11) is 3.18. The molecule has 0 unspecified atom stereocenters. The number of fused-ring (bicyclic) bond motifs is 1. The van der Waals surface area contributed by atoms with Crippen molar-refractivity contribution in [2.45, 2.75) is 26.2 Å². The van der Waals surface area contributed by atoms with E-state index in [0.29, 0.717) is 26.8 Å². The molecule has 0 amide bonds. The summed E-state index contributed by atoms with van der Waals surface area (Å²) in [5.41, 5.74) is 2.86. The monoisotopic (exact) mass is 421 g/mol. The molecule has 0 aliphatic heterocycles. The lowest BCUT2D eigenvalue weighted by Gasteiger charge is -2.18. The number of hydrogen-bond acceptors (Lipinski definition) is 6. The Morgan fingerprint density at radius 3 is 2.30 bits per heavy atom. The first kappa shape index (κ1) is 20.1. The Bertz CT molecular complexity index is 1310. The smallest absolute Gasteiger partial charge is 0.276 e. The van der Waals surface area contributed by atoms with E-state index in [2.05, 4.69) is 43.1 Å². The Labute approximate surface area is 178 Å². The Kier molecular flexibility index (Phi) is 5.07. The van der Waals surface area contributed by atoms with Crippen LogP contribution in [0.1, 0.15) is 31.9 Å². The van der Waals surface area contributed by atoms with Crippen molar-refractivity contribution in [1.82, 2.24) is 14.6 Å². The molecule has 0 aliphatic rings. The molecular formula is C23H23N3O3S. The minimum atomic E-state index is -0.135. The fourth-order valence-electron chi connectivity index (χ4n) is 3.26. The fraction of sp³-hybridized carbons (Fsp3) is 0.261. The highest BCUT2D eigenvalue weighted by Crippen LogP contribution is 2.28. The number of hydrogen-bond donors (Lipinski definition) is 0. The van der Waals surface area contributed by atoms with Gasteiger partial charge in [0.2, 0.25) is 4.96 Å². The Hall–Kier alpha value is -3.19. The minimum absolute atomic E-state index is 0.0618. The van der Waals surface area contributed by atoms with Gasteiger partial charge in [-0.1, -0.05) is 62.4 Å². The first-order valence-corrected chi connectivity index (χ1v) is 10.4. The van der Waals surface area contributed by atoms with Crippen LogP contribution in [0.5, 0.6) is 11.5 Å². The molecule has 7 heteroatoms. The summed E-state index contributed by atoms with van der Waals surface area (Å²) in [5.74, 6) is 1.81. The molecule has 0 bridgehead atoms. The van der Waals surface area contributed by atoms with Crippen molar-refractivity contribution in [2.75, 3.05) is 14.2 Å². The van der Waals surface area contributed by atoms with E-state index in [1.807, 2.05) is 36.4 Å². The zero-order valence-corrected chi connectivity index (χ0v) is 18.4. The van der Waals surface area contributed by atoms with Crippen molar-refractivity contribution in [3.8, 4) is 22.9 Å². The van der Waals surface area contributed by atoms with E-state index in [9.17, 15) is 4.79 Å². The van der Waals surface area contributed by atoms with Gasteiger partial charge < -0.3 is 9.47 Å². The first-order valence-electron chi connectivity index (χ1n) is 9.54. The molecule has 4 rings (SSSR count). The third kappa shape index (κ3) is 3.57. The molecule has 154 valence electrons. The highest BCUT2D eigenvalue weighted by atomic mass is 32.1. The van der Waals surface area contributed by atoms with Crippen LogP contribution in [0.15, 0.2) is 47.3 Å². The summed E-state index contributed by atoms with van der Waals surface area (Å²) >= 11 is 1.31. The highest BCUT2D eigenvalue weighted by Gasteiger charge is 2.17. The Balaban J connectivity index is 1.79. The summed E-state index contributed by atoms with van der Waals surface area (Å²) < 4.78 is 12.8. The average molecular weight is 422 g/mol. The quantitative estimate of drug-likeness (QED) is 0.503. The van der Waals surface area contributed by atoms with Crippen LogP contribution in [0.4, 0.5) is 0 Å². The van der Waals surface area contributed by atoms with Crippen LogP contribution in [0.25, 0.3) is 22.4 Å². The maximum atomic E-state index is 13.1. The zero-order chi connectivity index (χ0) is 21.5. The highest BCUT2D eigenvalue weighted by molar-refractivity contribution is 7.15. The van der Waals surface area contributed by atoms with Gasteiger partial charge in [0, 0.05) is 5.56 Å². The molecule has 0 saturated carbocycles. The molecular weight excluding hydrogens is 398 g/mol. The van der Waals surface area contributed by atoms with E-state index in [0.717, 1.165) is 11.1 Å². The van der Waals surface area contributed by atoms with Gasteiger partial charge in [-0.3, -0.25) is 4.79 Å². The second-order valence-corrected chi connectivity index (χ2v) is 9.01. The molecule has 0 saturated heterocycles. The predicted octanol–water partition coefficient (Wildman–Crippen LogP) is 3.68. The summed E-state index contributed by atoms with van der Waals surface area (Å²) in [6.45, 7) is 6.51. The van der Waals surface area contributed by atoms with E-state index in [1.165, 1.54) is 16.9 Å². The Morgan fingerprint density at radius 1 is 0.967 bits per heavy atom. The molecule has 30 heavy (non-hydrogen) atoms. The van der Waals surface area contributed by atoms with Crippen molar-refractivity contribution in [1.29, 1.82) is 0 Å². The normalized spacial score (nSPS) is 12.5. The fourth-order valence-corrected chi connectivity index (χ4v) is 4.18. The van der Waals surface area contributed by atoms with Crippen molar-refractivity contribution < 1.29 is 9.47 Å². The van der Waals surface area contributed by atoms with Gasteiger partial charge in [0.1, 0.15) is 0 Å². The second-order valence-electron chi connectivity index (χ2n) is 8.00. The summed E-state index contributed by atoms with van der Waals surface area (Å²) in [4.78, 5) is 13.7. The van der Waals surface area contributed by atoms with E-state index in [4.69, 9.17) is 9.47 Å². The van der Waals surface area contributed by atoms with Gasteiger partial charge in [-0.05, 0) is 34.8 Å². The van der Waals surface area contributed by atoms with Gasteiger partial charge in [-0.25, -0.2) is 4.40 Å². The van der Waals surface area contributed by atoms with E-state index in [1.54, 1.807) is 18.6 Å². The molecule has 0 aliphatic carbocycles. The van der Waals surface area contributed by atoms with Crippen LogP contribution in [-0.4, -0.2) is 28.8 Å². The van der Waals surface area contributed by atoms with Gasteiger partial charge in [0.25, 0.3) is 5.56 Å². The lowest BCUT2D eigenvalue weighted by molar-refractivity contribution is 0.355. The largest absolute Gasteiger partial charge is 0.493 e. The molecule has 0 N–H and O–H groups in total. The molecule has 2 aromatic carbocycles. The summed E-state index contributed by atoms with van der Waals surface area (Å²) in [5, 5.41) is 8.47. The van der Waals surface area contributed by atoms with Gasteiger partial charge >= 0.3 is 0 Å². The average Bonchev–Trinajstić information content (AvgIpc) is 3.28. The number of rotatable bonds is 4. The van der Waals surface area contributed by atoms with Crippen molar-refractivity contribution >= 4 is 22.4 Å². The molecule has 2 heterocycles. The minimum Gasteiger partial charge on any atom is -0.493 e. The van der Waals surface area contributed by atoms with Crippen molar-refractivity contribution in [3.05, 3.63) is 68.5 Å². The summed E-state index contributed by atoms with van der Waals surface area (Å²) in [6.07, 6.45) is 1.83. The molecule has 0 radical (unpaired) electrons. The summed E-state index contributed by atoms with van der Waals surface area (Å²) in [6, 6.07) is 13.7. The van der Waals surface area contributed by atoms with Crippen LogP contribution < -0.4 is 19.6 Å². The number of nitrogens with zero attached hydrogens (tertiary/aromatic N) is 3. The van der Waals surface area contributed by atoms with Gasteiger partial charge in [-0.15, -0.1) is 10.2 Å². The van der Waals surface area contributed by atoms with Gasteiger partial charge in [0.05, 0.1) is 18.8 Å². The number of thiazole rings is 1.